The number of rotatable bonds is 3. The molecule has 3 rings (SSSR count). The number of amides is 2. The molecule has 0 radical (unpaired) electrons. The minimum atomic E-state index is -0.262. The predicted octanol–water partition coefficient (Wildman–Crippen LogP) is 2.12. The average molecular weight is 311 g/mol. The van der Waals surface area contributed by atoms with Gasteiger partial charge >= 0.3 is 0 Å². The van der Waals surface area contributed by atoms with Gasteiger partial charge < -0.3 is 15.2 Å². The molecule has 0 bridgehead atoms. The molecule has 2 heterocycles. The highest BCUT2D eigenvalue weighted by Crippen LogP contribution is 2.21. The summed E-state index contributed by atoms with van der Waals surface area (Å²) in [4.78, 5) is 25.7. The van der Waals surface area contributed by atoms with Crippen molar-refractivity contribution in [3.05, 3.63) is 53.9 Å². The van der Waals surface area contributed by atoms with Gasteiger partial charge in [0.15, 0.2) is 0 Å². The molecular formula is C18H21N3O2. The third-order valence-corrected chi connectivity index (χ3v) is 4.52. The van der Waals surface area contributed by atoms with Gasteiger partial charge in [-0.15, -0.1) is 0 Å². The number of carbonyl (C=O) groups excluding carboxylic acids is 2. The SMILES string of the molecule is Cc1ccc(C(=O)N2CCC(C(N)=O)CC2)cc1-n1cccc1. The summed E-state index contributed by atoms with van der Waals surface area (Å²) < 4.78 is 2.01. The molecule has 0 aliphatic carbocycles. The Balaban J connectivity index is 1.78. The minimum absolute atomic E-state index is 0.0151. The molecule has 5 heteroatoms. The molecule has 1 aromatic carbocycles. The van der Waals surface area contributed by atoms with Crippen LogP contribution in [0.5, 0.6) is 0 Å². The Kier molecular flexibility index (Phi) is 4.19. The fourth-order valence-corrected chi connectivity index (χ4v) is 3.07. The van der Waals surface area contributed by atoms with Crippen molar-refractivity contribution in [3.63, 3.8) is 0 Å². The Morgan fingerprint density at radius 3 is 2.39 bits per heavy atom. The van der Waals surface area contributed by atoms with Gasteiger partial charge in [0.05, 0.1) is 0 Å². The molecule has 0 atom stereocenters. The van der Waals surface area contributed by atoms with E-state index in [1.54, 1.807) is 0 Å². The van der Waals surface area contributed by atoms with Crippen molar-refractivity contribution in [2.75, 3.05) is 13.1 Å². The van der Waals surface area contributed by atoms with Gasteiger partial charge in [0.25, 0.3) is 5.91 Å². The molecule has 0 unspecified atom stereocenters. The van der Waals surface area contributed by atoms with Crippen molar-refractivity contribution in [3.8, 4) is 5.69 Å². The monoisotopic (exact) mass is 311 g/mol. The zero-order chi connectivity index (χ0) is 16.4. The molecule has 1 aromatic heterocycles. The summed E-state index contributed by atoms with van der Waals surface area (Å²) in [6.07, 6.45) is 5.23. The number of piperidine rings is 1. The van der Waals surface area contributed by atoms with Crippen molar-refractivity contribution in [2.24, 2.45) is 11.7 Å². The van der Waals surface area contributed by atoms with E-state index < -0.39 is 0 Å². The molecule has 1 aliphatic rings. The fourth-order valence-electron chi connectivity index (χ4n) is 3.07. The molecule has 1 saturated heterocycles. The fraction of sp³-hybridized carbons (Fsp3) is 0.333. The maximum Gasteiger partial charge on any atom is 0.253 e. The molecule has 120 valence electrons. The zero-order valence-corrected chi connectivity index (χ0v) is 13.2. The summed E-state index contributed by atoms with van der Waals surface area (Å²) >= 11 is 0. The van der Waals surface area contributed by atoms with E-state index in [-0.39, 0.29) is 17.7 Å². The first-order valence-electron chi connectivity index (χ1n) is 7.89. The Hall–Kier alpha value is -2.56. The first-order valence-corrected chi connectivity index (χ1v) is 7.89. The van der Waals surface area contributed by atoms with Gasteiger partial charge in [-0.1, -0.05) is 6.07 Å². The van der Waals surface area contributed by atoms with Gasteiger partial charge in [0.1, 0.15) is 0 Å². The highest BCUT2D eigenvalue weighted by molar-refractivity contribution is 5.95. The Bertz CT molecular complexity index is 714. The molecule has 5 nitrogen and oxygen atoms in total. The largest absolute Gasteiger partial charge is 0.369 e. The second-order valence-corrected chi connectivity index (χ2v) is 6.06. The van der Waals surface area contributed by atoms with E-state index in [2.05, 4.69) is 0 Å². The van der Waals surface area contributed by atoms with Crippen LogP contribution in [-0.4, -0.2) is 34.4 Å². The Labute approximate surface area is 135 Å². The quantitative estimate of drug-likeness (QED) is 0.943. The van der Waals surface area contributed by atoms with Crippen LogP contribution in [0.2, 0.25) is 0 Å². The first kappa shape index (κ1) is 15.3. The number of hydrogen-bond acceptors (Lipinski definition) is 2. The van der Waals surface area contributed by atoms with Crippen LogP contribution in [0.15, 0.2) is 42.7 Å². The first-order chi connectivity index (χ1) is 11.1. The Morgan fingerprint density at radius 2 is 1.78 bits per heavy atom. The van der Waals surface area contributed by atoms with Crippen LogP contribution in [0, 0.1) is 12.8 Å². The number of benzene rings is 1. The summed E-state index contributed by atoms with van der Waals surface area (Å²) in [5.74, 6) is -0.351. The van der Waals surface area contributed by atoms with E-state index in [1.807, 2.05) is 59.1 Å². The molecule has 2 N–H and O–H groups in total. The van der Waals surface area contributed by atoms with Gasteiger partial charge in [0, 0.05) is 42.7 Å². The second kappa shape index (κ2) is 6.28. The maximum atomic E-state index is 12.7. The van der Waals surface area contributed by atoms with Crippen molar-refractivity contribution in [2.45, 2.75) is 19.8 Å². The van der Waals surface area contributed by atoms with Crippen molar-refractivity contribution in [1.82, 2.24) is 9.47 Å². The number of primary amides is 1. The van der Waals surface area contributed by atoms with Crippen molar-refractivity contribution >= 4 is 11.8 Å². The average Bonchev–Trinajstić information content (AvgIpc) is 3.09. The highest BCUT2D eigenvalue weighted by atomic mass is 16.2. The van der Waals surface area contributed by atoms with Crippen LogP contribution in [0.4, 0.5) is 0 Å². The molecule has 2 aromatic rings. The number of hydrogen-bond donors (Lipinski definition) is 1. The predicted molar refractivity (Wildman–Crippen MR) is 88.3 cm³/mol. The van der Waals surface area contributed by atoms with Crippen LogP contribution in [0.3, 0.4) is 0 Å². The van der Waals surface area contributed by atoms with E-state index in [9.17, 15) is 9.59 Å². The molecule has 2 amide bonds. The van der Waals surface area contributed by atoms with E-state index >= 15 is 0 Å². The number of aromatic nitrogens is 1. The lowest BCUT2D eigenvalue weighted by Crippen LogP contribution is -2.41. The molecule has 23 heavy (non-hydrogen) atoms. The van der Waals surface area contributed by atoms with Gasteiger partial charge in [-0.05, 0) is 49.6 Å². The summed E-state index contributed by atoms with van der Waals surface area (Å²) in [7, 11) is 0. The van der Waals surface area contributed by atoms with Crippen LogP contribution in [-0.2, 0) is 4.79 Å². The maximum absolute atomic E-state index is 12.7. The number of nitrogens with zero attached hydrogens (tertiary/aromatic N) is 2. The van der Waals surface area contributed by atoms with Crippen molar-refractivity contribution in [1.29, 1.82) is 0 Å². The molecule has 0 spiro atoms. The molecule has 1 aliphatic heterocycles. The lowest BCUT2D eigenvalue weighted by atomic mass is 9.95. The molecule has 0 saturated carbocycles. The lowest BCUT2D eigenvalue weighted by molar-refractivity contribution is -0.123. The van der Waals surface area contributed by atoms with E-state index in [0.29, 0.717) is 31.5 Å². The standard InChI is InChI=1S/C18H21N3O2/c1-13-4-5-15(12-16(13)20-8-2-3-9-20)18(23)21-10-6-14(7-11-21)17(19)22/h2-5,8-9,12,14H,6-7,10-11H2,1H3,(H2,19,22). The summed E-state index contributed by atoms with van der Waals surface area (Å²) in [5, 5.41) is 0. The zero-order valence-electron chi connectivity index (χ0n) is 13.2. The number of aryl methyl sites for hydroxylation is 1. The third kappa shape index (κ3) is 3.13. The van der Waals surface area contributed by atoms with Crippen LogP contribution >= 0.6 is 0 Å². The summed E-state index contributed by atoms with van der Waals surface area (Å²) in [5.41, 5.74) is 8.15. The number of likely N-dealkylation sites (tertiary alicyclic amines) is 1. The van der Waals surface area contributed by atoms with E-state index in [0.717, 1.165) is 11.3 Å². The number of carbonyl (C=O) groups is 2. The van der Waals surface area contributed by atoms with Crippen LogP contribution in [0.1, 0.15) is 28.8 Å². The van der Waals surface area contributed by atoms with E-state index in [4.69, 9.17) is 5.73 Å². The van der Waals surface area contributed by atoms with E-state index in [1.165, 1.54) is 0 Å². The lowest BCUT2D eigenvalue weighted by Gasteiger charge is -2.30. The normalized spacial score (nSPS) is 15.6. The Morgan fingerprint density at radius 1 is 1.13 bits per heavy atom. The van der Waals surface area contributed by atoms with Crippen LogP contribution < -0.4 is 5.73 Å². The van der Waals surface area contributed by atoms with Crippen LogP contribution in [0.25, 0.3) is 5.69 Å². The van der Waals surface area contributed by atoms with Gasteiger partial charge in [-0.2, -0.15) is 0 Å². The van der Waals surface area contributed by atoms with Gasteiger partial charge in [-0.3, -0.25) is 9.59 Å². The van der Waals surface area contributed by atoms with Gasteiger partial charge in [0.2, 0.25) is 5.91 Å². The summed E-state index contributed by atoms with van der Waals surface area (Å²) in [6, 6.07) is 9.69. The minimum Gasteiger partial charge on any atom is -0.369 e. The smallest absolute Gasteiger partial charge is 0.253 e. The highest BCUT2D eigenvalue weighted by Gasteiger charge is 2.26. The number of nitrogens with two attached hydrogens (primary N) is 1. The third-order valence-electron chi connectivity index (χ3n) is 4.52. The van der Waals surface area contributed by atoms with Gasteiger partial charge in [-0.25, -0.2) is 0 Å². The molecular weight excluding hydrogens is 290 g/mol. The topological polar surface area (TPSA) is 68.3 Å². The summed E-state index contributed by atoms with van der Waals surface area (Å²) in [6.45, 7) is 3.19. The second-order valence-electron chi connectivity index (χ2n) is 6.06. The van der Waals surface area contributed by atoms with Crippen molar-refractivity contribution < 1.29 is 9.59 Å². The molecule has 1 fully saturated rings.